The first-order valence-corrected chi connectivity index (χ1v) is 7.04. The monoisotopic (exact) mass is 269 g/mol. The molecule has 2 nitrogen and oxygen atoms in total. The molecular formula is C18H23NO. The molecule has 0 aromatic heterocycles. The average Bonchev–Trinajstić information content (AvgIpc) is 2.39. The van der Waals surface area contributed by atoms with Crippen molar-refractivity contribution in [1.29, 1.82) is 0 Å². The number of nitrogens with one attached hydrogen (secondary N) is 1. The molecule has 2 aromatic rings. The summed E-state index contributed by atoms with van der Waals surface area (Å²) in [6.07, 6.45) is 0.650. The molecule has 0 spiro atoms. The van der Waals surface area contributed by atoms with Gasteiger partial charge < -0.3 is 10.4 Å². The molecule has 106 valence electrons. The van der Waals surface area contributed by atoms with Gasteiger partial charge in [0, 0.05) is 13.0 Å². The van der Waals surface area contributed by atoms with Gasteiger partial charge in [0.2, 0.25) is 0 Å². The van der Waals surface area contributed by atoms with Crippen LogP contribution in [0.3, 0.4) is 0 Å². The zero-order valence-corrected chi connectivity index (χ0v) is 12.5. The average molecular weight is 269 g/mol. The van der Waals surface area contributed by atoms with Crippen LogP contribution in [-0.4, -0.2) is 17.8 Å². The molecule has 0 heterocycles. The van der Waals surface area contributed by atoms with Gasteiger partial charge in [-0.05, 0) is 43.1 Å². The van der Waals surface area contributed by atoms with Crippen LogP contribution < -0.4 is 5.32 Å². The van der Waals surface area contributed by atoms with Crippen LogP contribution in [0.2, 0.25) is 0 Å². The maximum Gasteiger partial charge on any atom is 0.0632 e. The molecule has 2 aromatic carbocycles. The van der Waals surface area contributed by atoms with Gasteiger partial charge in [0.25, 0.3) is 0 Å². The summed E-state index contributed by atoms with van der Waals surface area (Å²) in [5.74, 6) is 0. The van der Waals surface area contributed by atoms with Crippen LogP contribution in [0.1, 0.15) is 25.0 Å². The Kier molecular flexibility index (Phi) is 4.58. The third kappa shape index (κ3) is 3.69. The molecule has 0 saturated carbocycles. The van der Waals surface area contributed by atoms with E-state index in [2.05, 4.69) is 47.8 Å². The Morgan fingerprint density at radius 1 is 0.900 bits per heavy atom. The van der Waals surface area contributed by atoms with E-state index in [1.165, 1.54) is 22.3 Å². The van der Waals surface area contributed by atoms with Crippen LogP contribution in [-0.2, 0) is 13.0 Å². The quantitative estimate of drug-likeness (QED) is 0.872. The zero-order chi connectivity index (χ0) is 14.6. The lowest BCUT2D eigenvalue weighted by Gasteiger charge is -2.20. The molecule has 0 saturated heterocycles. The third-order valence-electron chi connectivity index (χ3n) is 3.32. The van der Waals surface area contributed by atoms with Crippen molar-refractivity contribution in [2.45, 2.75) is 32.4 Å². The van der Waals surface area contributed by atoms with E-state index in [4.69, 9.17) is 0 Å². The van der Waals surface area contributed by atoms with E-state index >= 15 is 0 Å². The molecular weight excluding hydrogens is 246 g/mol. The summed E-state index contributed by atoms with van der Waals surface area (Å²) in [6.45, 7) is 4.54. The topological polar surface area (TPSA) is 32.3 Å². The molecule has 0 aliphatic rings. The van der Waals surface area contributed by atoms with Crippen molar-refractivity contribution in [1.82, 2.24) is 5.32 Å². The van der Waals surface area contributed by atoms with Crippen molar-refractivity contribution < 1.29 is 5.11 Å². The first kappa shape index (κ1) is 14.8. The SMILES string of the molecule is CNCc1ccccc1-c1ccccc1CC(C)(C)O. The maximum absolute atomic E-state index is 10.1. The van der Waals surface area contributed by atoms with Crippen LogP contribution in [0.5, 0.6) is 0 Å². The van der Waals surface area contributed by atoms with Crippen molar-refractivity contribution in [2.75, 3.05) is 7.05 Å². The van der Waals surface area contributed by atoms with Gasteiger partial charge in [0.1, 0.15) is 0 Å². The van der Waals surface area contributed by atoms with Gasteiger partial charge in [-0.25, -0.2) is 0 Å². The van der Waals surface area contributed by atoms with Crippen molar-refractivity contribution in [3.8, 4) is 11.1 Å². The molecule has 2 rings (SSSR count). The second-order valence-corrected chi connectivity index (χ2v) is 5.83. The van der Waals surface area contributed by atoms with Crippen molar-refractivity contribution in [2.24, 2.45) is 0 Å². The van der Waals surface area contributed by atoms with E-state index in [9.17, 15) is 5.11 Å². The Bertz CT molecular complexity index is 570. The fourth-order valence-corrected chi connectivity index (χ4v) is 2.53. The number of hydrogen-bond acceptors (Lipinski definition) is 2. The summed E-state index contributed by atoms with van der Waals surface area (Å²) in [5, 5.41) is 13.3. The highest BCUT2D eigenvalue weighted by Gasteiger charge is 2.17. The Balaban J connectivity index is 2.48. The van der Waals surface area contributed by atoms with Crippen molar-refractivity contribution in [3.05, 3.63) is 59.7 Å². The summed E-state index contributed by atoms with van der Waals surface area (Å²) in [5.41, 5.74) is 4.21. The summed E-state index contributed by atoms with van der Waals surface area (Å²) >= 11 is 0. The fraction of sp³-hybridized carbons (Fsp3) is 0.333. The molecule has 0 aliphatic heterocycles. The minimum atomic E-state index is -0.700. The molecule has 0 unspecified atom stereocenters. The molecule has 0 radical (unpaired) electrons. The first-order chi connectivity index (χ1) is 9.51. The van der Waals surface area contributed by atoms with Crippen LogP contribution in [0.25, 0.3) is 11.1 Å². The molecule has 0 amide bonds. The van der Waals surface area contributed by atoms with Crippen LogP contribution in [0.4, 0.5) is 0 Å². The van der Waals surface area contributed by atoms with Gasteiger partial charge >= 0.3 is 0 Å². The predicted octanol–water partition coefficient (Wildman–Crippen LogP) is 3.39. The molecule has 2 N–H and O–H groups in total. The van der Waals surface area contributed by atoms with E-state index in [-0.39, 0.29) is 0 Å². The van der Waals surface area contributed by atoms with E-state index in [0.29, 0.717) is 6.42 Å². The van der Waals surface area contributed by atoms with Gasteiger partial charge in [0.15, 0.2) is 0 Å². The predicted molar refractivity (Wildman–Crippen MR) is 84.6 cm³/mol. The summed E-state index contributed by atoms with van der Waals surface area (Å²) in [6, 6.07) is 16.7. The van der Waals surface area contributed by atoms with E-state index in [1.54, 1.807) is 0 Å². The minimum absolute atomic E-state index is 0.650. The largest absolute Gasteiger partial charge is 0.390 e. The van der Waals surface area contributed by atoms with Crippen molar-refractivity contribution in [3.63, 3.8) is 0 Å². The molecule has 0 aliphatic carbocycles. The van der Waals surface area contributed by atoms with Crippen molar-refractivity contribution >= 4 is 0 Å². The second-order valence-electron chi connectivity index (χ2n) is 5.83. The normalized spacial score (nSPS) is 11.6. The molecule has 0 fully saturated rings. The summed E-state index contributed by atoms with van der Waals surface area (Å²) in [7, 11) is 1.96. The Morgan fingerprint density at radius 2 is 1.40 bits per heavy atom. The molecule has 20 heavy (non-hydrogen) atoms. The summed E-state index contributed by atoms with van der Waals surface area (Å²) in [4.78, 5) is 0. The lowest BCUT2D eigenvalue weighted by Crippen LogP contribution is -2.22. The van der Waals surface area contributed by atoms with E-state index < -0.39 is 5.60 Å². The van der Waals surface area contributed by atoms with Crippen LogP contribution in [0, 0.1) is 0 Å². The fourth-order valence-electron chi connectivity index (χ4n) is 2.53. The number of hydrogen-bond donors (Lipinski definition) is 2. The lowest BCUT2D eigenvalue weighted by molar-refractivity contribution is 0.0811. The van der Waals surface area contributed by atoms with Gasteiger partial charge in [-0.3, -0.25) is 0 Å². The van der Waals surface area contributed by atoms with Gasteiger partial charge in [-0.2, -0.15) is 0 Å². The molecule has 0 atom stereocenters. The lowest BCUT2D eigenvalue weighted by atomic mass is 9.89. The Hall–Kier alpha value is -1.64. The number of aliphatic hydroxyl groups is 1. The van der Waals surface area contributed by atoms with Gasteiger partial charge in [-0.1, -0.05) is 48.5 Å². The Morgan fingerprint density at radius 3 is 1.95 bits per heavy atom. The Labute approximate surface area is 121 Å². The first-order valence-electron chi connectivity index (χ1n) is 7.04. The smallest absolute Gasteiger partial charge is 0.0632 e. The summed E-state index contributed by atoms with van der Waals surface area (Å²) < 4.78 is 0. The van der Waals surface area contributed by atoms with Crippen LogP contribution >= 0.6 is 0 Å². The standard InChI is InChI=1S/C18H23NO/c1-18(2,20)12-14-8-4-6-10-16(14)17-11-7-5-9-15(17)13-19-3/h4-11,19-20H,12-13H2,1-3H3. The second kappa shape index (κ2) is 6.21. The zero-order valence-electron chi connectivity index (χ0n) is 12.5. The minimum Gasteiger partial charge on any atom is -0.390 e. The van der Waals surface area contributed by atoms with E-state index in [0.717, 1.165) is 6.54 Å². The molecule has 0 bridgehead atoms. The van der Waals surface area contributed by atoms with Gasteiger partial charge in [-0.15, -0.1) is 0 Å². The number of benzene rings is 2. The highest BCUT2D eigenvalue weighted by Crippen LogP contribution is 2.29. The van der Waals surface area contributed by atoms with Crippen LogP contribution in [0.15, 0.2) is 48.5 Å². The highest BCUT2D eigenvalue weighted by atomic mass is 16.3. The molecule has 2 heteroatoms. The van der Waals surface area contributed by atoms with E-state index in [1.807, 2.05) is 27.0 Å². The third-order valence-corrected chi connectivity index (χ3v) is 3.32. The highest BCUT2D eigenvalue weighted by molar-refractivity contribution is 5.70. The maximum atomic E-state index is 10.1. The number of rotatable bonds is 5. The van der Waals surface area contributed by atoms with Gasteiger partial charge in [0.05, 0.1) is 5.60 Å².